The van der Waals surface area contributed by atoms with E-state index in [0.29, 0.717) is 5.56 Å². The van der Waals surface area contributed by atoms with Crippen LogP contribution in [0.3, 0.4) is 0 Å². The van der Waals surface area contributed by atoms with E-state index in [4.69, 9.17) is 4.74 Å². The number of carbonyl (C=O) groups is 3. The maximum absolute atomic E-state index is 12.2. The topological polar surface area (TPSA) is 97.4 Å². The first-order valence-electron chi connectivity index (χ1n) is 6.81. The van der Waals surface area contributed by atoms with Gasteiger partial charge in [0, 0.05) is 18.8 Å². The summed E-state index contributed by atoms with van der Waals surface area (Å²) in [5.74, 6) is -1.51. The Balaban J connectivity index is 2.22. The fourth-order valence-electron chi connectivity index (χ4n) is 1.79. The first-order valence-corrected chi connectivity index (χ1v) is 6.81. The number of nitrogens with one attached hydrogen (secondary N) is 2. The maximum atomic E-state index is 12.2. The number of rotatable bonds is 4. The minimum absolute atomic E-state index is 0.0705. The molecule has 1 aromatic carbocycles. The minimum atomic E-state index is -1.26. The van der Waals surface area contributed by atoms with E-state index in [1.165, 1.54) is 19.3 Å². The highest BCUT2D eigenvalue weighted by molar-refractivity contribution is 5.98. The Kier molecular flexibility index (Phi) is 5.40. The van der Waals surface area contributed by atoms with Crippen molar-refractivity contribution in [3.05, 3.63) is 66.0 Å². The molecule has 0 aliphatic rings. The van der Waals surface area contributed by atoms with E-state index in [1.807, 2.05) is 0 Å². The first kappa shape index (κ1) is 16.2. The van der Waals surface area contributed by atoms with Crippen molar-refractivity contribution in [2.24, 2.45) is 0 Å². The van der Waals surface area contributed by atoms with E-state index in [2.05, 4.69) is 15.6 Å². The van der Waals surface area contributed by atoms with Crippen LogP contribution in [0.4, 0.5) is 4.79 Å². The molecule has 0 fully saturated rings. The zero-order chi connectivity index (χ0) is 16.7. The van der Waals surface area contributed by atoms with Crippen LogP contribution in [0, 0.1) is 0 Å². The summed E-state index contributed by atoms with van der Waals surface area (Å²) in [5.41, 5.74) is 0.513. The number of imide groups is 1. The molecule has 23 heavy (non-hydrogen) atoms. The summed E-state index contributed by atoms with van der Waals surface area (Å²) < 4.78 is 5.24. The van der Waals surface area contributed by atoms with Gasteiger partial charge in [-0.15, -0.1) is 0 Å². The lowest BCUT2D eigenvalue weighted by atomic mass is 10.1. The molecule has 2 rings (SSSR count). The van der Waals surface area contributed by atoms with E-state index < -0.39 is 24.0 Å². The summed E-state index contributed by atoms with van der Waals surface area (Å²) in [5, 5.41) is 4.36. The molecule has 1 atom stereocenters. The summed E-state index contributed by atoms with van der Waals surface area (Å²) in [7, 11) is 1.38. The predicted molar refractivity (Wildman–Crippen MR) is 81.4 cm³/mol. The highest BCUT2D eigenvalue weighted by Gasteiger charge is 2.27. The fourth-order valence-corrected chi connectivity index (χ4v) is 1.79. The monoisotopic (exact) mass is 313 g/mol. The molecule has 7 heteroatoms. The third kappa shape index (κ3) is 4.37. The number of urea groups is 1. The molecule has 0 bridgehead atoms. The van der Waals surface area contributed by atoms with Crippen molar-refractivity contribution in [3.8, 4) is 0 Å². The van der Waals surface area contributed by atoms with Crippen molar-refractivity contribution in [1.29, 1.82) is 0 Å². The van der Waals surface area contributed by atoms with Gasteiger partial charge in [-0.05, 0) is 12.1 Å². The molecular formula is C16H15N3O4. The number of pyridine rings is 1. The molecular weight excluding hydrogens is 298 g/mol. The average molecular weight is 313 g/mol. The van der Waals surface area contributed by atoms with Crippen molar-refractivity contribution in [2.45, 2.75) is 6.10 Å². The summed E-state index contributed by atoms with van der Waals surface area (Å²) in [6, 6.07) is 12.5. The molecule has 0 aliphatic carbocycles. The van der Waals surface area contributed by atoms with Crippen LogP contribution in [-0.2, 0) is 9.53 Å². The van der Waals surface area contributed by atoms with E-state index in [0.717, 1.165) is 0 Å². The van der Waals surface area contributed by atoms with E-state index >= 15 is 0 Å². The van der Waals surface area contributed by atoms with E-state index in [-0.39, 0.29) is 5.69 Å². The molecule has 118 valence electrons. The Morgan fingerprint density at radius 3 is 2.35 bits per heavy atom. The molecule has 0 spiro atoms. The normalized spacial score (nSPS) is 11.2. The van der Waals surface area contributed by atoms with Gasteiger partial charge in [-0.3, -0.25) is 10.1 Å². The van der Waals surface area contributed by atoms with Gasteiger partial charge < -0.3 is 10.1 Å². The number of nitrogens with zero attached hydrogens (tertiary/aromatic N) is 1. The highest BCUT2D eigenvalue weighted by Crippen LogP contribution is 2.19. The number of hydrogen-bond acceptors (Lipinski definition) is 5. The van der Waals surface area contributed by atoms with Crippen molar-refractivity contribution in [2.75, 3.05) is 7.05 Å². The number of benzene rings is 1. The van der Waals surface area contributed by atoms with E-state index in [9.17, 15) is 14.4 Å². The van der Waals surface area contributed by atoms with Crippen molar-refractivity contribution < 1.29 is 19.1 Å². The van der Waals surface area contributed by atoms with Gasteiger partial charge in [0.25, 0.3) is 5.91 Å². The lowest BCUT2D eigenvalue weighted by Gasteiger charge is -2.17. The lowest BCUT2D eigenvalue weighted by Crippen LogP contribution is -2.41. The van der Waals surface area contributed by atoms with Gasteiger partial charge in [-0.2, -0.15) is 0 Å². The Morgan fingerprint density at radius 1 is 1.04 bits per heavy atom. The lowest BCUT2D eigenvalue weighted by molar-refractivity contribution is -0.129. The molecule has 1 heterocycles. The molecule has 7 nitrogen and oxygen atoms in total. The van der Waals surface area contributed by atoms with Crippen LogP contribution in [-0.4, -0.2) is 29.9 Å². The number of esters is 1. The standard InChI is InChI=1S/C16H15N3O4/c1-17-16(22)19-14(20)13(11-7-3-2-4-8-11)23-15(21)12-9-5-6-10-18-12/h2-10,13H,1H3,(H2,17,19,20,22)/t13-/m1/s1. The first-order chi connectivity index (χ1) is 11.1. The molecule has 0 saturated carbocycles. The Bertz CT molecular complexity index is 689. The van der Waals surface area contributed by atoms with Crippen LogP contribution >= 0.6 is 0 Å². The fraction of sp³-hybridized carbons (Fsp3) is 0.125. The number of amides is 3. The third-order valence-corrected chi connectivity index (χ3v) is 2.90. The molecule has 0 unspecified atom stereocenters. The summed E-state index contributed by atoms with van der Waals surface area (Å²) in [6.07, 6.45) is 0.182. The van der Waals surface area contributed by atoms with Crippen LogP contribution in [0.1, 0.15) is 22.2 Å². The van der Waals surface area contributed by atoms with Crippen LogP contribution in [0.2, 0.25) is 0 Å². The van der Waals surface area contributed by atoms with E-state index in [1.54, 1.807) is 42.5 Å². The van der Waals surface area contributed by atoms with Crippen LogP contribution in [0.5, 0.6) is 0 Å². The summed E-state index contributed by atoms with van der Waals surface area (Å²) in [6.45, 7) is 0. The number of ether oxygens (including phenoxy) is 1. The second kappa shape index (κ2) is 7.69. The number of carbonyl (C=O) groups excluding carboxylic acids is 3. The zero-order valence-corrected chi connectivity index (χ0v) is 12.4. The quantitative estimate of drug-likeness (QED) is 0.832. The highest BCUT2D eigenvalue weighted by atomic mass is 16.5. The van der Waals surface area contributed by atoms with Crippen molar-refractivity contribution in [1.82, 2.24) is 15.6 Å². The van der Waals surface area contributed by atoms with Gasteiger partial charge in [0.1, 0.15) is 5.69 Å². The minimum Gasteiger partial charge on any atom is -0.443 e. The van der Waals surface area contributed by atoms with Gasteiger partial charge in [0.2, 0.25) is 6.10 Å². The Hall–Kier alpha value is -3.22. The Morgan fingerprint density at radius 2 is 1.74 bits per heavy atom. The number of hydrogen-bond donors (Lipinski definition) is 2. The summed E-state index contributed by atoms with van der Waals surface area (Å²) >= 11 is 0. The van der Waals surface area contributed by atoms with Gasteiger partial charge in [0.15, 0.2) is 0 Å². The third-order valence-electron chi connectivity index (χ3n) is 2.90. The maximum Gasteiger partial charge on any atom is 0.358 e. The van der Waals surface area contributed by atoms with Crippen molar-refractivity contribution in [3.63, 3.8) is 0 Å². The second-order valence-corrected chi connectivity index (χ2v) is 4.48. The van der Waals surface area contributed by atoms with Crippen LogP contribution in [0.25, 0.3) is 0 Å². The average Bonchev–Trinajstić information content (AvgIpc) is 2.60. The molecule has 0 aliphatic heterocycles. The Labute approximate surface area is 132 Å². The van der Waals surface area contributed by atoms with Crippen LogP contribution < -0.4 is 10.6 Å². The smallest absolute Gasteiger partial charge is 0.358 e. The zero-order valence-electron chi connectivity index (χ0n) is 12.4. The second-order valence-electron chi connectivity index (χ2n) is 4.48. The molecule has 1 aromatic heterocycles. The summed E-state index contributed by atoms with van der Waals surface area (Å²) in [4.78, 5) is 39.5. The predicted octanol–water partition coefficient (Wildman–Crippen LogP) is 1.44. The molecule has 0 saturated heterocycles. The van der Waals surface area contributed by atoms with Gasteiger partial charge in [-0.1, -0.05) is 36.4 Å². The van der Waals surface area contributed by atoms with Gasteiger partial charge >= 0.3 is 12.0 Å². The van der Waals surface area contributed by atoms with Crippen LogP contribution in [0.15, 0.2) is 54.7 Å². The molecule has 2 N–H and O–H groups in total. The number of aromatic nitrogens is 1. The molecule has 0 radical (unpaired) electrons. The SMILES string of the molecule is CNC(=O)NC(=O)[C@H](OC(=O)c1ccccn1)c1ccccc1. The largest absolute Gasteiger partial charge is 0.443 e. The molecule has 2 aromatic rings. The molecule has 3 amide bonds. The van der Waals surface area contributed by atoms with Crippen molar-refractivity contribution >= 4 is 17.9 Å². The van der Waals surface area contributed by atoms with Gasteiger partial charge in [0.05, 0.1) is 0 Å². The van der Waals surface area contributed by atoms with Gasteiger partial charge in [-0.25, -0.2) is 14.6 Å².